The van der Waals surface area contributed by atoms with E-state index in [2.05, 4.69) is 0 Å². The van der Waals surface area contributed by atoms with Gasteiger partial charge in [-0.1, -0.05) is 0 Å². The fraction of sp³-hybridized carbons (Fsp3) is 1.00. The van der Waals surface area contributed by atoms with Gasteiger partial charge >= 0.3 is 0 Å². The zero-order chi connectivity index (χ0) is 9.30. The van der Waals surface area contributed by atoms with Gasteiger partial charge in [-0.2, -0.15) is 0 Å². The van der Waals surface area contributed by atoms with Crippen LogP contribution in [0.4, 0.5) is 0 Å². The summed E-state index contributed by atoms with van der Waals surface area (Å²) in [4.78, 5) is 1.83. The van der Waals surface area contributed by atoms with Gasteiger partial charge < -0.3 is 19.8 Å². The Bertz CT molecular complexity index is 151. The lowest BCUT2D eigenvalue weighted by Crippen LogP contribution is -2.57. The van der Waals surface area contributed by atoms with Crippen molar-refractivity contribution in [2.24, 2.45) is 0 Å². The first-order chi connectivity index (χ1) is 5.54. The number of hydrogen-bond donors (Lipinski definition) is 2. The molecular weight excluding hydrogens is 158 g/mol. The number of nitrogens with zero attached hydrogens (tertiary/aromatic N) is 1. The molecule has 0 aromatic carbocycles. The molecule has 12 heavy (non-hydrogen) atoms. The highest BCUT2D eigenvalue weighted by molar-refractivity contribution is 4.89. The SMILES string of the molecule is C[C@@H]1OC[C@@H](O)[C@H](N(C)C)[C@H]1O. The zero-order valence-corrected chi connectivity index (χ0v) is 7.77. The Balaban J connectivity index is 2.65. The Hall–Kier alpha value is -0.160. The standard InChI is InChI=1S/C8H17NO3/c1-5-8(11)7(9(2)3)6(10)4-12-5/h5-8,10-11H,4H2,1-3H3/t5-,6+,7-,8-/m0/s1. The lowest BCUT2D eigenvalue weighted by molar-refractivity contribution is -0.155. The van der Waals surface area contributed by atoms with Crippen LogP contribution in [0.1, 0.15) is 6.92 Å². The van der Waals surface area contributed by atoms with Gasteiger partial charge in [0.2, 0.25) is 0 Å². The van der Waals surface area contributed by atoms with Crippen molar-refractivity contribution in [1.29, 1.82) is 0 Å². The third-order valence-electron chi connectivity index (χ3n) is 2.35. The number of hydrogen-bond acceptors (Lipinski definition) is 4. The van der Waals surface area contributed by atoms with Crippen LogP contribution in [0.15, 0.2) is 0 Å². The molecule has 0 bridgehead atoms. The highest BCUT2D eigenvalue weighted by atomic mass is 16.5. The summed E-state index contributed by atoms with van der Waals surface area (Å²) in [5.74, 6) is 0. The molecule has 1 rings (SSSR count). The number of likely N-dealkylation sites (N-methyl/N-ethyl adjacent to an activating group) is 1. The lowest BCUT2D eigenvalue weighted by Gasteiger charge is -2.40. The summed E-state index contributed by atoms with van der Waals surface area (Å²) < 4.78 is 5.16. The average Bonchev–Trinajstić information content (AvgIpc) is 1.97. The molecule has 2 N–H and O–H groups in total. The monoisotopic (exact) mass is 175 g/mol. The first-order valence-electron chi connectivity index (χ1n) is 4.18. The summed E-state index contributed by atoms with van der Waals surface area (Å²) in [6.07, 6.45) is -1.39. The molecular formula is C8H17NO3. The molecule has 0 aromatic rings. The molecule has 1 aliphatic heterocycles. The van der Waals surface area contributed by atoms with E-state index in [1.165, 1.54) is 0 Å². The van der Waals surface area contributed by atoms with Crippen LogP contribution in [0.25, 0.3) is 0 Å². The summed E-state index contributed by atoms with van der Waals surface area (Å²) in [5.41, 5.74) is 0. The minimum atomic E-state index is -0.608. The Morgan fingerprint density at radius 2 is 1.92 bits per heavy atom. The van der Waals surface area contributed by atoms with Crippen LogP contribution in [-0.2, 0) is 4.74 Å². The second-order valence-electron chi connectivity index (χ2n) is 3.55. The largest absolute Gasteiger partial charge is 0.389 e. The van der Waals surface area contributed by atoms with E-state index < -0.39 is 12.2 Å². The van der Waals surface area contributed by atoms with E-state index in [9.17, 15) is 10.2 Å². The Morgan fingerprint density at radius 1 is 1.33 bits per heavy atom. The van der Waals surface area contributed by atoms with Gasteiger partial charge in [0, 0.05) is 0 Å². The summed E-state index contributed by atoms with van der Waals surface area (Å²) in [6, 6.07) is -0.214. The van der Waals surface area contributed by atoms with Crippen LogP contribution in [0.2, 0.25) is 0 Å². The number of aliphatic hydroxyl groups is 2. The van der Waals surface area contributed by atoms with Crippen LogP contribution in [0.5, 0.6) is 0 Å². The molecule has 72 valence electrons. The molecule has 1 saturated heterocycles. The highest BCUT2D eigenvalue weighted by Gasteiger charge is 2.37. The maximum atomic E-state index is 9.65. The van der Waals surface area contributed by atoms with E-state index >= 15 is 0 Å². The average molecular weight is 175 g/mol. The Labute approximate surface area is 72.7 Å². The Kier molecular flexibility index (Phi) is 3.06. The fourth-order valence-electron chi connectivity index (χ4n) is 1.60. The molecule has 1 fully saturated rings. The van der Waals surface area contributed by atoms with Crippen LogP contribution in [0, 0.1) is 0 Å². The first-order valence-corrected chi connectivity index (χ1v) is 4.18. The van der Waals surface area contributed by atoms with Gasteiger partial charge in [0.15, 0.2) is 0 Å². The molecule has 0 radical (unpaired) electrons. The molecule has 4 nitrogen and oxygen atoms in total. The molecule has 0 aliphatic carbocycles. The maximum absolute atomic E-state index is 9.65. The van der Waals surface area contributed by atoms with Crippen molar-refractivity contribution in [3.05, 3.63) is 0 Å². The van der Waals surface area contributed by atoms with E-state index in [0.29, 0.717) is 6.61 Å². The van der Waals surface area contributed by atoms with Gasteiger partial charge in [-0.3, -0.25) is 0 Å². The van der Waals surface area contributed by atoms with Crippen molar-refractivity contribution < 1.29 is 14.9 Å². The number of ether oxygens (including phenoxy) is 1. The molecule has 1 aliphatic rings. The van der Waals surface area contributed by atoms with Gasteiger partial charge in [0.1, 0.15) is 0 Å². The van der Waals surface area contributed by atoms with Gasteiger partial charge in [-0.25, -0.2) is 0 Å². The van der Waals surface area contributed by atoms with Crippen molar-refractivity contribution >= 4 is 0 Å². The van der Waals surface area contributed by atoms with Crippen molar-refractivity contribution in [2.45, 2.75) is 31.3 Å². The lowest BCUT2D eigenvalue weighted by atomic mass is 9.97. The quantitative estimate of drug-likeness (QED) is 0.540. The predicted octanol–water partition coefficient (Wildman–Crippen LogP) is -0.943. The van der Waals surface area contributed by atoms with Crippen molar-refractivity contribution in [1.82, 2.24) is 4.90 Å². The summed E-state index contributed by atoms with van der Waals surface area (Å²) in [5, 5.41) is 19.2. The van der Waals surface area contributed by atoms with Gasteiger partial charge in [-0.05, 0) is 21.0 Å². The molecule has 4 heteroatoms. The second-order valence-corrected chi connectivity index (χ2v) is 3.55. The maximum Gasteiger partial charge on any atom is 0.0979 e. The highest BCUT2D eigenvalue weighted by Crippen LogP contribution is 2.18. The Morgan fingerprint density at radius 3 is 2.33 bits per heavy atom. The molecule has 0 aromatic heterocycles. The van der Waals surface area contributed by atoms with Crippen molar-refractivity contribution in [3.63, 3.8) is 0 Å². The molecule has 4 atom stereocenters. The molecule has 0 unspecified atom stereocenters. The van der Waals surface area contributed by atoms with Crippen molar-refractivity contribution in [3.8, 4) is 0 Å². The minimum absolute atomic E-state index is 0.194. The van der Waals surface area contributed by atoms with E-state index in [4.69, 9.17) is 4.74 Å². The zero-order valence-electron chi connectivity index (χ0n) is 7.77. The van der Waals surface area contributed by atoms with Crippen LogP contribution >= 0.6 is 0 Å². The summed E-state index contributed by atoms with van der Waals surface area (Å²) in [6.45, 7) is 2.12. The normalized spacial score (nSPS) is 43.5. The summed E-state index contributed by atoms with van der Waals surface area (Å²) >= 11 is 0. The van der Waals surface area contributed by atoms with E-state index in [1.54, 1.807) is 0 Å². The van der Waals surface area contributed by atoms with Gasteiger partial charge in [0.25, 0.3) is 0 Å². The number of rotatable bonds is 1. The van der Waals surface area contributed by atoms with Crippen molar-refractivity contribution in [2.75, 3.05) is 20.7 Å². The van der Waals surface area contributed by atoms with E-state index in [1.807, 2.05) is 25.9 Å². The summed E-state index contributed by atoms with van der Waals surface area (Å²) in [7, 11) is 3.68. The second kappa shape index (κ2) is 3.70. The molecule has 0 saturated carbocycles. The van der Waals surface area contributed by atoms with Crippen LogP contribution < -0.4 is 0 Å². The third-order valence-corrected chi connectivity index (χ3v) is 2.35. The fourth-order valence-corrected chi connectivity index (χ4v) is 1.60. The topological polar surface area (TPSA) is 52.9 Å². The molecule has 1 heterocycles. The van der Waals surface area contributed by atoms with Gasteiger partial charge in [0.05, 0.1) is 31.0 Å². The van der Waals surface area contributed by atoms with E-state index in [0.717, 1.165) is 0 Å². The van der Waals surface area contributed by atoms with E-state index in [-0.39, 0.29) is 12.1 Å². The smallest absolute Gasteiger partial charge is 0.0979 e. The predicted molar refractivity (Wildman–Crippen MR) is 44.9 cm³/mol. The van der Waals surface area contributed by atoms with Crippen LogP contribution in [-0.4, -0.2) is 60.2 Å². The molecule has 0 amide bonds. The third kappa shape index (κ3) is 1.77. The number of aliphatic hydroxyl groups excluding tert-OH is 2. The van der Waals surface area contributed by atoms with Gasteiger partial charge in [-0.15, -0.1) is 0 Å². The minimum Gasteiger partial charge on any atom is -0.389 e. The van der Waals surface area contributed by atoms with Crippen LogP contribution in [0.3, 0.4) is 0 Å². The molecule has 0 spiro atoms. The first kappa shape index (κ1) is 9.92.